The second-order valence-electron chi connectivity index (χ2n) is 3.49. The smallest absolute Gasteiger partial charge is 0.325 e. The average molecular weight is 229 g/mol. The van der Waals surface area contributed by atoms with E-state index in [2.05, 4.69) is 17.0 Å². The number of ether oxygens (including phenoxy) is 1. The zero-order valence-corrected chi connectivity index (χ0v) is 9.88. The lowest BCUT2D eigenvalue weighted by atomic mass is 10.1. The quantitative estimate of drug-likeness (QED) is 0.380. The Hall–Kier alpha value is -1.39. The van der Waals surface area contributed by atoms with Gasteiger partial charge in [0.05, 0.1) is 7.11 Å². The molecule has 0 aliphatic carbocycles. The fraction of sp³-hybridized carbons (Fsp3) is 0.727. The van der Waals surface area contributed by atoms with Crippen molar-refractivity contribution in [1.82, 2.24) is 5.32 Å². The first-order valence-electron chi connectivity index (χ1n) is 5.49. The minimum Gasteiger partial charge on any atom is -0.468 e. The number of carbonyl (C=O) groups excluding carboxylic acids is 3. The van der Waals surface area contributed by atoms with E-state index in [9.17, 15) is 14.4 Å². The van der Waals surface area contributed by atoms with Crippen molar-refractivity contribution in [2.75, 3.05) is 13.7 Å². The highest BCUT2D eigenvalue weighted by Gasteiger charge is 2.13. The van der Waals surface area contributed by atoms with Crippen molar-refractivity contribution in [3.8, 4) is 0 Å². The van der Waals surface area contributed by atoms with E-state index in [0.29, 0.717) is 0 Å². The van der Waals surface area contributed by atoms with Gasteiger partial charge in [0, 0.05) is 6.42 Å². The summed E-state index contributed by atoms with van der Waals surface area (Å²) < 4.78 is 4.33. The number of hydrogen-bond donors (Lipinski definition) is 1. The van der Waals surface area contributed by atoms with Crippen LogP contribution in [0.2, 0.25) is 0 Å². The highest BCUT2D eigenvalue weighted by molar-refractivity contribution is 6.36. The van der Waals surface area contributed by atoms with Gasteiger partial charge < -0.3 is 10.1 Å². The highest BCUT2D eigenvalue weighted by atomic mass is 16.5. The Kier molecular flexibility index (Phi) is 8.11. The number of hydrogen-bond acceptors (Lipinski definition) is 4. The molecule has 5 heteroatoms. The van der Waals surface area contributed by atoms with Gasteiger partial charge in [-0.25, -0.2) is 0 Å². The molecule has 0 aliphatic heterocycles. The number of amides is 1. The molecule has 16 heavy (non-hydrogen) atoms. The van der Waals surface area contributed by atoms with Crippen LogP contribution in [0.4, 0.5) is 0 Å². The summed E-state index contributed by atoms with van der Waals surface area (Å²) in [7, 11) is 1.22. The maximum atomic E-state index is 11.2. The minimum atomic E-state index is -0.707. The predicted molar refractivity (Wildman–Crippen MR) is 58.8 cm³/mol. The van der Waals surface area contributed by atoms with Crippen LogP contribution in [0.5, 0.6) is 0 Å². The maximum Gasteiger partial charge on any atom is 0.325 e. The Balaban J connectivity index is 3.65. The number of ketones is 1. The summed E-state index contributed by atoms with van der Waals surface area (Å²) >= 11 is 0. The molecule has 0 rings (SSSR count). The summed E-state index contributed by atoms with van der Waals surface area (Å²) in [6, 6.07) is 0. The number of methoxy groups -OCH3 is 1. The molecule has 0 spiro atoms. The van der Waals surface area contributed by atoms with E-state index < -0.39 is 17.7 Å². The van der Waals surface area contributed by atoms with Gasteiger partial charge in [0.1, 0.15) is 6.54 Å². The molecule has 0 atom stereocenters. The number of Topliss-reactive ketones (excluding diaryl/α,β-unsaturated/α-hetero) is 1. The van der Waals surface area contributed by atoms with Crippen LogP contribution in [-0.4, -0.2) is 31.3 Å². The summed E-state index contributed by atoms with van der Waals surface area (Å²) in [5.41, 5.74) is 0. The zero-order chi connectivity index (χ0) is 12.4. The molecule has 5 nitrogen and oxygen atoms in total. The van der Waals surface area contributed by atoms with Crippen molar-refractivity contribution in [3.05, 3.63) is 0 Å². The first-order chi connectivity index (χ1) is 7.61. The van der Waals surface area contributed by atoms with Crippen molar-refractivity contribution in [3.63, 3.8) is 0 Å². The molecule has 0 saturated heterocycles. The summed E-state index contributed by atoms with van der Waals surface area (Å²) in [4.78, 5) is 33.1. The topological polar surface area (TPSA) is 72.5 Å². The van der Waals surface area contributed by atoms with E-state index in [4.69, 9.17) is 0 Å². The number of unbranched alkanes of at least 4 members (excludes halogenated alkanes) is 3. The lowest BCUT2D eigenvalue weighted by Gasteiger charge is -2.02. The predicted octanol–water partition coefficient (Wildman–Crippen LogP) is 0.815. The first-order valence-corrected chi connectivity index (χ1v) is 5.49. The van der Waals surface area contributed by atoms with Crippen LogP contribution in [0, 0.1) is 0 Å². The first kappa shape index (κ1) is 14.6. The number of carbonyl (C=O) groups is 3. The Bertz CT molecular complexity index is 250. The largest absolute Gasteiger partial charge is 0.468 e. The van der Waals surface area contributed by atoms with Gasteiger partial charge in [-0.1, -0.05) is 26.2 Å². The van der Waals surface area contributed by atoms with Gasteiger partial charge in [-0.3, -0.25) is 14.4 Å². The molecular formula is C11H19NO4. The fourth-order valence-electron chi connectivity index (χ4n) is 1.15. The fourth-order valence-corrected chi connectivity index (χ4v) is 1.15. The molecule has 0 aromatic heterocycles. The third-order valence-electron chi connectivity index (χ3n) is 2.13. The minimum absolute atomic E-state index is 0.243. The van der Waals surface area contributed by atoms with Crippen LogP contribution >= 0.6 is 0 Å². The van der Waals surface area contributed by atoms with Crippen molar-refractivity contribution in [2.24, 2.45) is 0 Å². The monoisotopic (exact) mass is 229 g/mol. The van der Waals surface area contributed by atoms with Gasteiger partial charge >= 0.3 is 5.97 Å². The number of rotatable bonds is 8. The molecule has 0 radical (unpaired) electrons. The Morgan fingerprint density at radius 3 is 2.38 bits per heavy atom. The van der Waals surface area contributed by atoms with Crippen LogP contribution < -0.4 is 5.32 Å². The molecule has 1 amide bonds. The number of nitrogens with one attached hydrogen (secondary N) is 1. The molecule has 1 N–H and O–H groups in total. The van der Waals surface area contributed by atoms with Crippen molar-refractivity contribution in [1.29, 1.82) is 0 Å². The highest BCUT2D eigenvalue weighted by Crippen LogP contribution is 2.02. The molecule has 0 aliphatic rings. The summed E-state index contributed by atoms with van der Waals surface area (Å²) in [6.07, 6.45) is 4.07. The Morgan fingerprint density at radius 1 is 1.12 bits per heavy atom. The van der Waals surface area contributed by atoms with Crippen molar-refractivity contribution in [2.45, 2.75) is 39.0 Å². The van der Waals surface area contributed by atoms with Crippen LogP contribution in [0.25, 0.3) is 0 Å². The van der Waals surface area contributed by atoms with E-state index in [-0.39, 0.29) is 13.0 Å². The van der Waals surface area contributed by atoms with Gasteiger partial charge in [-0.15, -0.1) is 0 Å². The van der Waals surface area contributed by atoms with Crippen molar-refractivity contribution < 1.29 is 19.1 Å². The van der Waals surface area contributed by atoms with Gasteiger partial charge in [-0.2, -0.15) is 0 Å². The summed E-state index contributed by atoms with van der Waals surface area (Å²) in [5, 5.41) is 2.21. The van der Waals surface area contributed by atoms with Crippen molar-refractivity contribution >= 4 is 17.7 Å². The molecule has 0 fully saturated rings. The molecule has 92 valence electrons. The summed E-state index contributed by atoms with van der Waals surface area (Å²) in [6.45, 7) is 1.82. The van der Waals surface area contributed by atoms with E-state index in [1.807, 2.05) is 0 Å². The normalized spacial score (nSPS) is 9.62. The lowest BCUT2D eigenvalue weighted by molar-refractivity contribution is -0.143. The molecule has 0 aromatic rings. The second kappa shape index (κ2) is 8.88. The van der Waals surface area contributed by atoms with E-state index in [0.717, 1.165) is 25.7 Å². The van der Waals surface area contributed by atoms with E-state index >= 15 is 0 Å². The maximum absolute atomic E-state index is 11.2. The molecule has 0 heterocycles. The Morgan fingerprint density at radius 2 is 1.81 bits per heavy atom. The number of esters is 1. The molecular weight excluding hydrogens is 210 g/mol. The van der Waals surface area contributed by atoms with Gasteiger partial charge in [-0.05, 0) is 6.42 Å². The zero-order valence-electron chi connectivity index (χ0n) is 9.88. The van der Waals surface area contributed by atoms with Crippen LogP contribution in [-0.2, 0) is 19.1 Å². The van der Waals surface area contributed by atoms with Gasteiger partial charge in [0.2, 0.25) is 5.78 Å². The average Bonchev–Trinajstić information content (AvgIpc) is 2.30. The standard InChI is InChI=1S/C11H19NO4/c1-3-4-5-6-7-9(13)11(15)12-8-10(14)16-2/h3-8H2,1-2H3,(H,12,15). The lowest BCUT2D eigenvalue weighted by Crippen LogP contribution is -2.35. The second-order valence-corrected chi connectivity index (χ2v) is 3.49. The third-order valence-corrected chi connectivity index (χ3v) is 2.13. The third kappa shape index (κ3) is 6.98. The summed E-state index contributed by atoms with van der Waals surface area (Å²) in [5.74, 6) is -1.74. The van der Waals surface area contributed by atoms with E-state index in [1.54, 1.807) is 0 Å². The molecule has 0 bridgehead atoms. The van der Waals surface area contributed by atoms with Gasteiger partial charge in [0.15, 0.2) is 0 Å². The van der Waals surface area contributed by atoms with Crippen LogP contribution in [0.3, 0.4) is 0 Å². The molecule has 0 saturated carbocycles. The molecule has 0 unspecified atom stereocenters. The molecule has 0 aromatic carbocycles. The Labute approximate surface area is 95.5 Å². The van der Waals surface area contributed by atoms with Crippen LogP contribution in [0.15, 0.2) is 0 Å². The van der Waals surface area contributed by atoms with E-state index in [1.165, 1.54) is 7.11 Å². The SMILES string of the molecule is CCCCCCC(=O)C(=O)NCC(=O)OC. The van der Waals surface area contributed by atoms with Crippen LogP contribution in [0.1, 0.15) is 39.0 Å². The van der Waals surface area contributed by atoms with Gasteiger partial charge in [0.25, 0.3) is 5.91 Å².